The summed E-state index contributed by atoms with van der Waals surface area (Å²) in [5.74, 6) is -1.64. The second-order valence-corrected chi connectivity index (χ2v) is 12.3. The van der Waals surface area contributed by atoms with Gasteiger partial charge in [-0.3, -0.25) is 18.7 Å². The maximum atomic E-state index is 14.9. The van der Waals surface area contributed by atoms with Crippen LogP contribution in [0, 0.1) is 5.82 Å². The molecule has 9 nitrogen and oxygen atoms in total. The molecule has 2 heterocycles. The molecule has 1 aromatic heterocycles. The first kappa shape index (κ1) is 31.7. The van der Waals surface area contributed by atoms with Gasteiger partial charge in [-0.2, -0.15) is 8.78 Å². The molecule has 4 aromatic rings. The number of alkyl halides is 2. The second-order valence-electron chi connectivity index (χ2n) is 11.0. The number of hydrogen-bond donors (Lipinski definition) is 1. The van der Waals surface area contributed by atoms with Crippen molar-refractivity contribution < 1.29 is 32.2 Å². The first-order valence-corrected chi connectivity index (χ1v) is 15.6. The number of rotatable bonds is 9. The van der Waals surface area contributed by atoms with Crippen LogP contribution in [0.5, 0.6) is 11.5 Å². The maximum Gasteiger partial charge on any atom is 0.387 e. The molecule has 2 amide bonds. The van der Waals surface area contributed by atoms with Crippen molar-refractivity contribution in [2.24, 2.45) is 0 Å². The number of halogens is 5. The summed E-state index contributed by atoms with van der Waals surface area (Å²) < 4.78 is 53.6. The van der Waals surface area contributed by atoms with Crippen LogP contribution in [0.25, 0.3) is 5.69 Å². The fourth-order valence-electron chi connectivity index (χ4n) is 5.35. The van der Waals surface area contributed by atoms with Crippen molar-refractivity contribution in [3.63, 3.8) is 0 Å². The highest BCUT2D eigenvalue weighted by Crippen LogP contribution is 2.30. The first-order chi connectivity index (χ1) is 22.0. The van der Waals surface area contributed by atoms with E-state index in [1.165, 1.54) is 39.2 Å². The molecule has 0 unspecified atom stereocenters. The fraction of sp³-hybridized carbons (Fsp3) is 0.281. The monoisotopic (exact) mass is 718 g/mol. The van der Waals surface area contributed by atoms with Crippen LogP contribution in [0.2, 0.25) is 5.02 Å². The number of fused-ring (bicyclic) bond motifs is 1. The van der Waals surface area contributed by atoms with E-state index in [2.05, 4.69) is 26.0 Å². The van der Waals surface area contributed by atoms with E-state index in [9.17, 15) is 27.6 Å². The van der Waals surface area contributed by atoms with Crippen LogP contribution in [0.3, 0.4) is 0 Å². The zero-order chi connectivity index (χ0) is 32.7. The van der Waals surface area contributed by atoms with Crippen LogP contribution in [0.1, 0.15) is 57.9 Å². The fourth-order valence-corrected chi connectivity index (χ4v) is 5.77. The maximum absolute atomic E-state index is 14.9. The van der Waals surface area contributed by atoms with E-state index >= 15 is 0 Å². The van der Waals surface area contributed by atoms with Crippen LogP contribution in [0.4, 0.5) is 13.2 Å². The minimum absolute atomic E-state index is 0.0161. The van der Waals surface area contributed by atoms with Gasteiger partial charge in [-0.15, -0.1) is 0 Å². The van der Waals surface area contributed by atoms with Crippen LogP contribution >= 0.6 is 27.5 Å². The molecule has 6 rings (SSSR count). The van der Waals surface area contributed by atoms with E-state index in [0.29, 0.717) is 26.5 Å². The number of hydrogen-bond acceptors (Lipinski definition) is 5. The molecule has 1 aliphatic heterocycles. The topological polar surface area (TPSA) is 94.8 Å². The number of carbonyl (C=O) groups is 2. The number of benzene rings is 3. The zero-order valence-corrected chi connectivity index (χ0v) is 26.7. The molecule has 1 saturated carbocycles. The van der Waals surface area contributed by atoms with Gasteiger partial charge in [0, 0.05) is 34.8 Å². The lowest BCUT2D eigenvalue weighted by molar-refractivity contribution is -0.0500. The molecular formula is C32H27BrClF3N4O5. The number of ether oxygens (including phenoxy) is 2. The number of imidazole rings is 1. The van der Waals surface area contributed by atoms with E-state index in [1.807, 2.05) is 0 Å². The highest BCUT2D eigenvalue weighted by molar-refractivity contribution is 9.10. The van der Waals surface area contributed by atoms with Crippen molar-refractivity contribution in [1.82, 2.24) is 19.4 Å². The Morgan fingerprint density at radius 2 is 1.74 bits per heavy atom. The van der Waals surface area contributed by atoms with Gasteiger partial charge in [-0.1, -0.05) is 17.7 Å². The molecule has 0 bridgehead atoms. The van der Waals surface area contributed by atoms with Crippen LogP contribution < -0.4 is 20.5 Å². The van der Waals surface area contributed by atoms with Gasteiger partial charge in [0.05, 0.1) is 35.1 Å². The summed E-state index contributed by atoms with van der Waals surface area (Å²) in [5, 5.41) is 3.09. The molecule has 0 radical (unpaired) electrons. The molecule has 1 atom stereocenters. The molecule has 1 N–H and O–H groups in total. The Bertz CT molecular complexity index is 1880. The highest BCUT2D eigenvalue weighted by atomic mass is 79.9. The Balaban J connectivity index is 1.35. The Morgan fingerprint density at radius 1 is 1.02 bits per heavy atom. The minimum atomic E-state index is -3.12. The number of amides is 2. The van der Waals surface area contributed by atoms with Crippen LogP contribution in [-0.2, 0) is 13.1 Å². The average Bonchev–Trinajstić information content (AvgIpc) is 3.79. The lowest BCUT2D eigenvalue weighted by atomic mass is 10.1. The average molecular weight is 720 g/mol. The quantitative estimate of drug-likeness (QED) is 0.214. The SMILES string of the molecule is C[C@@H](NC(=O)c1c2n(c(=O)n1-c1ccc(OC3CC3)cc1)CCN(C(=O)c1ccc(Br)c(Cl)c1)C2)c1ccc(OC(F)F)cc1F. The molecule has 1 aliphatic carbocycles. The van der Waals surface area contributed by atoms with Gasteiger partial charge < -0.3 is 19.7 Å². The Morgan fingerprint density at radius 3 is 2.39 bits per heavy atom. The molecular weight excluding hydrogens is 693 g/mol. The Labute approximate surface area is 274 Å². The van der Waals surface area contributed by atoms with Gasteiger partial charge in [-0.05, 0) is 84.2 Å². The number of nitrogens with one attached hydrogen (secondary N) is 1. The summed E-state index contributed by atoms with van der Waals surface area (Å²) in [6.07, 6.45) is 2.11. The summed E-state index contributed by atoms with van der Waals surface area (Å²) in [5.41, 5.74) is 0.521. The Kier molecular flexibility index (Phi) is 8.88. The van der Waals surface area contributed by atoms with E-state index in [0.717, 1.165) is 18.9 Å². The van der Waals surface area contributed by atoms with Gasteiger partial charge >= 0.3 is 12.3 Å². The predicted molar refractivity (Wildman–Crippen MR) is 166 cm³/mol. The van der Waals surface area contributed by atoms with E-state index in [-0.39, 0.29) is 54.3 Å². The van der Waals surface area contributed by atoms with E-state index in [4.69, 9.17) is 16.3 Å². The van der Waals surface area contributed by atoms with E-state index < -0.39 is 30.1 Å². The predicted octanol–water partition coefficient (Wildman–Crippen LogP) is 6.48. The zero-order valence-electron chi connectivity index (χ0n) is 24.3. The Hall–Kier alpha value is -4.23. The molecule has 46 heavy (non-hydrogen) atoms. The molecule has 3 aromatic carbocycles. The van der Waals surface area contributed by atoms with Crippen LogP contribution in [0.15, 0.2) is 69.9 Å². The summed E-state index contributed by atoms with van der Waals surface area (Å²) >= 11 is 9.54. The van der Waals surface area contributed by atoms with Crippen molar-refractivity contribution in [2.45, 2.75) is 51.6 Å². The lowest BCUT2D eigenvalue weighted by Gasteiger charge is -2.28. The highest BCUT2D eigenvalue weighted by Gasteiger charge is 2.33. The van der Waals surface area contributed by atoms with Gasteiger partial charge in [0.15, 0.2) is 0 Å². The van der Waals surface area contributed by atoms with Gasteiger partial charge in [0.1, 0.15) is 23.0 Å². The summed E-state index contributed by atoms with van der Waals surface area (Å²) in [6.45, 7) is -1.35. The normalized spacial score (nSPS) is 15.0. The summed E-state index contributed by atoms with van der Waals surface area (Å²) in [4.78, 5) is 42.8. The number of carbonyl (C=O) groups excluding carboxylic acids is 2. The summed E-state index contributed by atoms with van der Waals surface area (Å²) in [7, 11) is 0. The number of aromatic nitrogens is 2. The molecule has 0 saturated heterocycles. The van der Waals surface area contributed by atoms with Crippen molar-refractivity contribution >= 4 is 39.3 Å². The van der Waals surface area contributed by atoms with E-state index in [1.54, 1.807) is 36.4 Å². The third-order valence-corrected chi connectivity index (χ3v) is 9.01. The summed E-state index contributed by atoms with van der Waals surface area (Å²) in [6, 6.07) is 13.9. The lowest BCUT2D eigenvalue weighted by Crippen LogP contribution is -2.41. The molecule has 2 aliphatic rings. The van der Waals surface area contributed by atoms with Gasteiger partial charge in [0.25, 0.3) is 11.8 Å². The van der Waals surface area contributed by atoms with Crippen molar-refractivity contribution in [1.29, 1.82) is 0 Å². The third-order valence-electron chi connectivity index (χ3n) is 7.78. The van der Waals surface area contributed by atoms with Gasteiger partial charge in [0.2, 0.25) is 0 Å². The minimum Gasteiger partial charge on any atom is -0.490 e. The van der Waals surface area contributed by atoms with Crippen molar-refractivity contribution in [3.8, 4) is 17.2 Å². The van der Waals surface area contributed by atoms with Crippen molar-refractivity contribution in [2.75, 3.05) is 6.54 Å². The standard InChI is InChI=1S/C32H27BrClF3N4O5/c1-17(23-10-9-22(15-26(23)35)46-31(36)37)38-29(42)28-27-16-39(30(43)18-2-11-24(33)25(34)14-18)12-13-40(27)32(44)41(28)19-3-5-20(6-4-19)45-21-7-8-21/h2-6,9-11,14-15,17,21,31H,7-8,12-13,16H2,1H3,(H,38,42)/t17-/m1/s1. The van der Waals surface area contributed by atoms with Crippen LogP contribution in [-0.4, -0.2) is 45.1 Å². The third kappa shape index (κ3) is 6.52. The first-order valence-electron chi connectivity index (χ1n) is 14.4. The second kappa shape index (κ2) is 12.9. The van der Waals surface area contributed by atoms with Gasteiger partial charge in [-0.25, -0.2) is 9.18 Å². The molecule has 1 fully saturated rings. The smallest absolute Gasteiger partial charge is 0.387 e. The molecule has 240 valence electrons. The largest absolute Gasteiger partial charge is 0.490 e. The molecule has 14 heteroatoms. The van der Waals surface area contributed by atoms with Crippen molar-refractivity contribution in [3.05, 3.63) is 109 Å². The number of nitrogens with zero attached hydrogens (tertiary/aromatic N) is 3. The molecule has 0 spiro atoms.